The fourth-order valence-corrected chi connectivity index (χ4v) is 2.71. The smallest absolute Gasteiger partial charge is 0.405 e. The molecule has 2 heterocycles. The van der Waals surface area contributed by atoms with Gasteiger partial charge in [0.15, 0.2) is 5.54 Å². The molecule has 0 N–H and O–H groups in total. The van der Waals surface area contributed by atoms with Crippen LogP contribution in [-0.4, -0.2) is 28.6 Å². The summed E-state index contributed by atoms with van der Waals surface area (Å²) in [6.07, 6.45) is 0.434. The first-order valence-corrected chi connectivity index (χ1v) is 7.90. The lowest BCUT2D eigenvalue weighted by Crippen LogP contribution is -2.32. The van der Waals surface area contributed by atoms with Gasteiger partial charge in [-0.2, -0.15) is 0 Å². The minimum Gasteiger partial charge on any atom is -0.405 e. The second kappa shape index (κ2) is 6.96. The SMILES string of the molecule is O=C(Cl)c1ccc(C2(C(=O)c3ccccc3OC(F)(F)F)C=CC=N2)nc1. The van der Waals surface area contributed by atoms with E-state index in [0.717, 1.165) is 6.07 Å². The van der Waals surface area contributed by atoms with Gasteiger partial charge >= 0.3 is 6.36 Å². The largest absolute Gasteiger partial charge is 0.573 e. The minimum atomic E-state index is -4.96. The predicted molar refractivity (Wildman–Crippen MR) is 91.2 cm³/mol. The third kappa shape index (κ3) is 3.75. The Balaban J connectivity index is 2.07. The Kier molecular flexibility index (Phi) is 4.84. The second-order valence-electron chi connectivity index (χ2n) is 5.48. The van der Waals surface area contributed by atoms with Crippen molar-refractivity contribution >= 4 is 28.8 Å². The molecule has 1 aliphatic rings. The lowest BCUT2D eigenvalue weighted by Gasteiger charge is -2.23. The summed E-state index contributed by atoms with van der Waals surface area (Å²) in [5.41, 5.74) is -1.74. The van der Waals surface area contributed by atoms with Gasteiger partial charge in [0.25, 0.3) is 5.24 Å². The minimum absolute atomic E-state index is 0.106. The van der Waals surface area contributed by atoms with Crippen molar-refractivity contribution in [3.63, 3.8) is 0 Å². The van der Waals surface area contributed by atoms with Crippen molar-refractivity contribution in [2.24, 2.45) is 4.99 Å². The summed E-state index contributed by atoms with van der Waals surface area (Å²) in [5.74, 6) is -1.40. The van der Waals surface area contributed by atoms with E-state index >= 15 is 0 Å². The molecule has 3 rings (SSSR count). The highest BCUT2D eigenvalue weighted by Crippen LogP contribution is 2.37. The number of aromatic nitrogens is 1. The third-order valence-electron chi connectivity index (χ3n) is 3.79. The summed E-state index contributed by atoms with van der Waals surface area (Å²) in [6, 6.07) is 7.70. The average Bonchev–Trinajstić information content (AvgIpc) is 3.11. The number of benzene rings is 1. The number of allylic oxidation sites excluding steroid dienone is 1. The molecular formula is C18H10ClF3N2O3. The fraction of sp³-hybridized carbons (Fsp3) is 0.111. The Morgan fingerprint density at radius 3 is 2.41 bits per heavy atom. The number of hydrogen-bond donors (Lipinski definition) is 0. The number of ketones is 1. The molecule has 0 spiro atoms. The van der Waals surface area contributed by atoms with E-state index in [1.54, 1.807) is 0 Å². The van der Waals surface area contributed by atoms with E-state index in [9.17, 15) is 22.8 Å². The highest BCUT2D eigenvalue weighted by molar-refractivity contribution is 6.67. The fourth-order valence-electron chi connectivity index (χ4n) is 2.60. The Bertz CT molecular complexity index is 941. The molecule has 0 radical (unpaired) electrons. The number of carbonyl (C=O) groups is 2. The number of hydrogen-bond acceptors (Lipinski definition) is 5. The average molecular weight is 395 g/mol. The van der Waals surface area contributed by atoms with Gasteiger partial charge in [0, 0.05) is 12.4 Å². The maximum atomic E-state index is 13.1. The maximum absolute atomic E-state index is 13.1. The standard InChI is InChI=1S/C18H10ClF3N2O3/c19-16(26)11-6-7-14(23-10-11)17(8-3-9-24-17)15(25)12-4-1-2-5-13(12)27-18(20,21)22/h1-10H. The number of Topliss-reactive ketones (excluding diaryl/α,β-unsaturated/α-hetero) is 1. The molecule has 5 nitrogen and oxygen atoms in total. The Labute approximate surface area is 156 Å². The zero-order valence-corrected chi connectivity index (χ0v) is 14.2. The number of aliphatic imine (C=N–C) groups is 1. The van der Waals surface area contributed by atoms with Crippen LogP contribution >= 0.6 is 11.6 Å². The van der Waals surface area contributed by atoms with Crippen molar-refractivity contribution in [1.29, 1.82) is 0 Å². The van der Waals surface area contributed by atoms with Crippen LogP contribution in [0.15, 0.2) is 59.7 Å². The summed E-state index contributed by atoms with van der Waals surface area (Å²) in [7, 11) is 0. The summed E-state index contributed by atoms with van der Waals surface area (Å²) in [4.78, 5) is 32.5. The van der Waals surface area contributed by atoms with Gasteiger partial charge in [-0.3, -0.25) is 19.6 Å². The third-order valence-corrected chi connectivity index (χ3v) is 4.00. The Morgan fingerprint density at radius 2 is 1.85 bits per heavy atom. The molecule has 2 aromatic rings. The molecule has 0 fully saturated rings. The molecule has 0 saturated heterocycles. The second-order valence-corrected chi connectivity index (χ2v) is 5.83. The lowest BCUT2D eigenvalue weighted by atomic mass is 9.86. The number of pyridine rings is 1. The van der Waals surface area contributed by atoms with Crippen LogP contribution in [0.2, 0.25) is 0 Å². The molecule has 1 atom stereocenters. The lowest BCUT2D eigenvalue weighted by molar-refractivity contribution is -0.274. The highest BCUT2D eigenvalue weighted by Gasteiger charge is 2.43. The van der Waals surface area contributed by atoms with Crippen LogP contribution in [0.5, 0.6) is 5.75 Å². The van der Waals surface area contributed by atoms with Crippen molar-refractivity contribution in [2.75, 3.05) is 0 Å². The van der Waals surface area contributed by atoms with Crippen LogP contribution in [0.1, 0.15) is 26.4 Å². The van der Waals surface area contributed by atoms with Gasteiger partial charge in [-0.1, -0.05) is 12.1 Å². The summed E-state index contributed by atoms with van der Waals surface area (Å²) in [6.45, 7) is 0. The molecule has 1 unspecified atom stereocenters. The number of para-hydroxylation sites is 1. The van der Waals surface area contributed by atoms with E-state index in [0.29, 0.717) is 0 Å². The van der Waals surface area contributed by atoms with E-state index in [1.165, 1.54) is 54.9 Å². The van der Waals surface area contributed by atoms with E-state index < -0.39 is 28.7 Å². The van der Waals surface area contributed by atoms with Crippen molar-refractivity contribution in [3.8, 4) is 5.75 Å². The molecule has 0 amide bonds. The molecule has 1 aliphatic heterocycles. The van der Waals surface area contributed by atoms with Gasteiger partial charge in [0.1, 0.15) is 5.75 Å². The summed E-state index contributed by atoms with van der Waals surface area (Å²) in [5, 5.41) is -0.733. The first-order chi connectivity index (χ1) is 12.7. The first-order valence-electron chi connectivity index (χ1n) is 7.52. The number of nitrogens with zero attached hydrogens (tertiary/aromatic N) is 2. The summed E-state index contributed by atoms with van der Waals surface area (Å²) >= 11 is 5.38. The molecule has 0 bridgehead atoms. The Morgan fingerprint density at radius 1 is 1.11 bits per heavy atom. The topological polar surface area (TPSA) is 68.6 Å². The molecule has 9 heteroatoms. The van der Waals surface area contributed by atoms with Crippen LogP contribution in [0.3, 0.4) is 0 Å². The van der Waals surface area contributed by atoms with E-state index in [-0.39, 0.29) is 16.8 Å². The van der Waals surface area contributed by atoms with Gasteiger partial charge in [-0.05, 0) is 48.0 Å². The van der Waals surface area contributed by atoms with Crippen LogP contribution in [0.25, 0.3) is 0 Å². The quantitative estimate of drug-likeness (QED) is 0.566. The Hall–Kier alpha value is -3.00. The number of alkyl halides is 3. The monoisotopic (exact) mass is 394 g/mol. The van der Waals surface area contributed by atoms with Crippen LogP contribution in [-0.2, 0) is 5.54 Å². The van der Waals surface area contributed by atoms with E-state index in [1.807, 2.05) is 0 Å². The van der Waals surface area contributed by atoms with Gasteiger partial charge in [0.05, 0.1) is 16.8 Å². The van der Waals surface area contributed by atoms with Crippen LogP contribution in [0, 0.1) is 0 Å². The normalized spacial score (nSPS) is 18.5. The molecule has 1 aromatic carbocycles. The first kappa shape index (κ1) is 18.8. The van der Waals surface area contributed by atoms with E-state index in [4.69, 9.17) is 11.6 Å². The van der Waals surface area contributed by atoms with Gasteiger partial charge in [-0.25, -0.2) is 0 Å². The number of rotatable bonds is 5. The van der Waals surface area contributed by atoms with Crippen LogP contribution in [0.4, 0.5) is 13.2 Å². The van der Waals surface area contributed by atoms with Gasteiger partial charge in [0.2, 0.25) is 5.78 Å². The van der Waals surface area contributed by atoms with Crippen LogP contribution < -0.4 is 4.74 Å². The van der Waals surface area contributed by atoms with Gasteiger partial charge < -0.3 is 4.74 Å². The molecule has 138 valence electrons. The molecule has 0 saturated carbocycles. The van der Waals surface area contributed by atoms with E-state index in [2.05, 4.69) is 14.7 Å². The van der Waals surface area contributed by atoms with Gasteiger partial charge in [-0.15, -0.1) is 13.2 Å². The zero-order valence-electron chi connectivity index (χ0n) is 13.4. The van der Waals surface area contributed by atoms with Crippen molar-refractivity contribution < 1.29 is 27.5 Å². The zero-order chi connectivity index (χ0) is 19.7. The molecule has 27 heavy (non-hydrogen) atoms. The van der Waals surface area contributed by atoms with Crippen molar-refractivity contribution in [2.45, 2.75) is 11.9 Å². The number of carbonyl (C=O) groups excluding carboxylic acids is 2. The molecule has 1 aromatic heterocycles. The number of halogens is 4. The van der Waals surface area contributed by atoms with Crippen molar-refractivity contribution in [3.05, 3.63) is 71.6 Å². The van der Waals surface area contributed by atoms with Crippen molar-refractivity contribution in [1.82, 2.24) is 4.98 Å². The predicted octanol–water partition coefficient (Wildman–Crippen LogP) is 4.08. The maximum Gasteiger partial charge on any atom is 0.573 e. The molecule has 0 aliphatic carbocycles. The highest BCUT2D eigenvalue weighted by atomic mass is 35.5. The molecular weight excluding hydrogens is 385 g/mol. The summed E-state index contributed by atoms with van der Waals surface area (Å²) < 4.78 is 42.0. The number of ether oxygens (including phenoxy) is 1.